The van der Waals surface area contributed by atoms with E-state index in [0.717, 1.165) is 11.6 Å². The number of rotatable bonds is 8. The minimum atomic E-state index is 0.329. The van der Waals surface area contributed by atoms with E-state index in [-0.39, 0.29) is 0 Å². The van der Waals surface area contributed by atoms with Crippen molar-refractivity contribution in [2.24, 2.45) is 0 Å². The van der Waals surface area contributed by atoms with E-state index < -0.39 is 0 Å². The molecule has 0 aliphatic carbocycles. The molecule has 0 fully saturated rings. The third-order valence-corrected chi connectivity index (χ3v) is 4.35. The van der Waals surface area contributed by atoms with E-state index in [4.69, 9.17) is 0 Å². The van der Waals surface area contributed by atoms with E-state index in [1.54, 1.807) is 11.3 Å². The zero-order chi connectivity index (χ0) is 12.7. The monoisotopic (exact) mass is 255 g/mol. The van der Waals surface area contributed by atoms with Crippen LogP contribution in [0.4, 0.5) is 0 Å². The topological polar surface area (TPSA) is 37.8 Å². The van der Waals surface area contributed by atoms with Crippen LogP contribution in [-0.2, 0) is 0 Å². The van der Waals surface area contributed by atoms with Crippen LogP contribution in [0.2, 0.25) is 0 Å². The summed E-state index contributed by atoms with van der Waals surface area (Å²) in [5.41, 5.74) is 0. The van der Waals surface area contributed by atoms with Crippen LogP contribution in [-0.4, -0.2) is 16.7 Å². The van der Waals surface area contributed by atoms with Gasteiger partial charge in [-0.15, -0.1) is 10.2 Å². The van der Waals surface area contributed by atoms with Gasteiger partial charge in [0.1, 0.15) is 10.0 Å². The van der Waals surface area contributed by atoms with Gasteiger partial charge in [0, 0.05) is 5.92 Å². The molecule has 0 aliphatic heterocycles. The van der Waals surface area contributed by atoms with Crippen molar-refractivity contribution in [3.63, 3.8) is 0 Å². The van der Waals surface area contributed by atoms with Crippen LogP contribution in [0, 0.1) is 0 Å². The molecular weight excluding hydrogens is 230 g/mol. The summed E-state index contributed by atoms with van der Waals surface area (Å²) in [7, 11) is 0. The first-order valence-electron chi connectivity index (χ1n) is 6.79. The maximum Gasteiger partial charge on any atom is 0.134 e. The lowest BCUT2D eigenvalue weighted by Crippen LogP contribution is -2.17. The van der Waals surface area contributed by atoms with Crippen molar-refractivity contribution in [1.82, 2.24) is 15.5 Å². The summed E-state index contributed by atoms with van der Waals surface area (Å²) in [6, 6.07) is 0.329. The number of unbranched alkanes of at least 4 members (excludes halogenated alkanes) is 1. The van der Waals surface area contributed by atoms with Gasteiger partial charge in [0.05, 0.1) is 6.04 Å². The second-order valence-electron chi connectivity index (χ2n) is 4.51. The lowest BCUT2D eigenvalue weighted by atomic mass is 10.0. The fourth-order valence-corrected chi connectivity index (χ4v) is 3.02. The lowest BCUT2D eigenvalue weighted by molar-refractivity contribution is 0.560. The summed E-state index contributed by atoms with van der Waals surface area (Å²) in [5, 5.41) is 14.4. The molecule has 1 heterocycles. The summed E-state index contributed by atoms with van der Waals surface area (Å²) < 4.78 is 0. The van der Waals surface area contributed by atoms with E-state index in [1.807, 2.05) is 0 Å². The highest BCUT2D eigenvalue weighted by molar-refractivity contribution is 7.11. The molecule has 0 spiro atoms. The van der Waals surface area contributed by atoms with Gasteiger partial charge >= 0.3 is 0 Å². The molecule has 2 atom stereocenters. The molecule has 0 amide bonds. The summed E-state index contributed by atoms with van der Waals surface area (Å²) in [6.45, 7) is 9.74. The van der Waals surface area contributed by atoms with Crippen LogP contribution in [0.25, 0.3) is 0 Å². The SMILES string of the molecule is CCCCC(CC)c1nnc(C(C)NCC)s1. The van der Waals surface area contributed by atoms with Gasteiger partial charge in [-0.2, -0.15) is 0 Å². The fourth-order valence-electron chi connectivity index (χ4n) is 1.93. The molecule has 0 bridgehead atoms. The largest absolute Gasteiger partial charge is 0.308 e. The molecule has 0 saturated heterocycles. The molecule has 1 aromatic rings. The third kappa shape index (κ3) is 4.36. The highest BCUT2D eigenvalue weighted by atomic mass is 32.1. The number of nitrogens with zero attached hydrogens (tertiary/aromatic N) is 2. The molecule has 2 unspecified atom stereocenters. The highest BCUT2D eigenvalue weighted by Gasteiger charge is 2.17. The second kappa shape index (κ2) is 7.77. The molecule has 0 aromatic carbocycles. The predicted molar refractivity (Wildman–Crippen MR) is 74.6 cm³/mol. The Bertz CT molecular complexity index is 311. The zero-order valence-corrected chi connectivity index (χ0v) is 12.3. The Morgan fingerprint density at radius 2 is 1.88 bits per heavy atom. The molecule has 0 saturated carbocycles. The maximum absolute atomic E-state index is 4.37. The first-order valence-corrected chi connectivity index (χ1v) is 7.61. The third-order valence-electron chi connectivity index (χ3n) is 3.09. The molecule has 0 aliphatic rings. The minimum absolute atomic E-state index is 0.329. The lowest BCUT2D eigenvalue weighted by Gasteiger charge is -2.10. The summed E-state index contributed by atoms with van der Waals surface area (Å²) >= 11 is 1.78. The molecule has 3 nitrogen and oxygen atoms in total. The van der Waals surface area contributed by atoms with Crippen LogP contribution >= 0.6 is 11.3 Å². The number of aromatic nitrogens is 2. The number of hydrogen-bond donors (Lipinski definition) is 1. The van der Waals surface area contributed by atoms with Crippen LogP contribution in [0.1, 0.15) is 75.4 Å². The van der Waals surface area contributed by atoms with Crippen LogP contribution in [0.15, 0.2) is 0 Å². The molecule has 1 rings (SSSR count). The molecule has 1 aromatic heterocycles. The van der Waals surface area contributed by atoms with Crippen LogP contribution in [0.5, 0.6) is 0 Å². The van der Waals surface area contributed by atoms with Gasteiger partial charge in [-0.3, -0.25) is 0 Å². The van der Waals surface area contributed by atoms with E-state index >= 15 is 0 Å². The average molecular weight is 255 g/mol. The Kier molecular flexibility index (Phi) is 6.66. The van der Waals surface area contributed by atoms with Gasteiger partial charge in [0.25, 0.3) is 0 Å². The Hall–Kier alpha value is -0.480. The highest BCUT2D eigenvalue weighted by Crippen LogP contribution is 2.29. The molecule has 0 radical (unpaired) electrons. The second-order valence-corrected chi connectivity index (χ2v) is 5.55. The van der Waals surface area contributed by atoms with Gasteiger partial charge in [0.15, 0.2) is 0 Å². The smallest absolute Gasteiger partial charge is 0.134 e. The normalized spacial score (nSPS) is 14.8. The van der Waals surface area contributed by atoms with Gasteiger partial charge in [-0.25, -0.2) is 0 Å². The van der Waals surface area contributed by atoms with Crippen LogP contribution in [0.3, 0.4) is 0 Å². The molecular formula is C13H25N3S. The Balaban J connectivity index is 2.64. The van der Waals surface area contributed by atoms with E-state index in [2.05, 4.69) is 43.2 Å². The first-order chi connectivity index (χ1) is 8.22. The van der Waals surface area contributed by atoms with Gasteiger partial charge < -0.3 is 5.32 Å². The quantitative estimate of drug-likeness (QED) is 0.765. The van der Waals surface area contributed by atoms with E-state index in [0.29, 0.717) is 12.0 Å². The molecule has 98 valence electrons. The number of nitrogens with one attached hydrogen (secondary N) is 1. The summed E-state index contributed by atoms with van der Waals surface area (Å²) in [6.07, 6.45) is 4.97. The summed E-state index contributed by atoms with van der Waals surface area (Å²) in [4.78, 5) is 0. The first kappa shape index (κ1) is 14.6. The minimum Gasteiger partial charge on any atom is -0.308 e. The Morgan fingerprint density at radius 3 is 2.47 bits per heavy atom. The summed E-state index contributed by atoms with van der Waals surface area (Å²) in [5.74, 6) is 0.607. The zero-order valence-electron chi connectivity index (χ0n) is 11.5. The predicted octanol–water partition coefficient (Wildman–Crippen LogP) is 3.89. The number of hydrogen-bond acceptors (Lipinski definition) is 4. The fraction of sp³-hybridized carbons (Fsp3) is 0.846. The van der Waals surface area contributed by atoms with Crippen molar-refractivity contribution >= 4 is 11.3 Å². The van der Waals surface area contributed by atoms with Crippen molar-refractivity contribution < 1.29 is 0 Å². The van der Waals surface area contributed by atoms with Crippen molar-refractivity contribution in [1.29, 1.82) is 0 Å². The Morgan fingerprint density at radius 1 is 1.18 bits per heavy atom. The van der Waals surface area contributed by atoms with Crippen molar-refractivity contribution in [2.45, 2.75) is 65.3 Å². The Labute approximate surface area is 109 Å². The van der Waals surface area contributed by atoms with Crippen LogP contribution < -0.4 is 5.32 Å². The van der Waals surface area contributed by atoms with Crippen molar-refractivity contribution in [3.8, 4) is 0 Å². The molecule has 17 heavy (non-hydrogen) atoms. The van der Waals surface area contributed by atoms with Gasteiger partial charge in [-0.1, -0.05) is 44.9 Å². The van der Waals surface area contributed by atoms with Gasteiger partial charge in [0.2, 0.25) is 0 Å². The van der Waals surface area contributed by atoms with E-state index in [1.165, 1.54) is 30.7 Å². The standard InChI is InChI=1S/C13H25N3S/c1-5-8-9-11(6-2)13-16-15-12(17-13)10(4)14-7-3/h10-11,14H,5-9H2,1-4H3. The van der Waals surface area contributed by atoms with E-state index in [9.17, 15) is 0 Å². The molecule has 1 N–H and O–H groups in total. The van der Waals surface area contributed by atoms with Crippen molar-refractivity contribution in [3.05, 3.63) is 10.0 Å². The van der Waals surface area contributed by atoms with Crippen molar-refractivity contribution in [2.75, 3.05) is 6.54 Å². The molecule has 4 heteroatoms. The van der Waals surface area contributed by atoms with Gasteiger partial charge in [-0.05, 0) is 26.3 Å². The average Bonchev–Trinajstić information content (AvgIpc) is 2.80. The maximum atomic E-state index is 4.37.